The van der Waals surface area contributed by atoms with Gasteiger partial charge in [-0.3, -0.25) is 0 Å². The van der Waals surface area contributed by atoms with Crippen molar-refractivity contribution in [2.24, 2.45) is 0 Å². The van der Waals surface area contributed by atoms with Crippen LogP contribution in [0.15, 0.2) is 42.8 Å². The van der Waals surface area contributed by atoms with Crippen molar-refractivity contribution >= 4 is 5.69 Å². The minimum Gasteiger partial charge on any atom is -0.325 e. The lowest BCUT2D eigenvalue weighted by Gasteiger charge is -2.19. The van der Waals surface area contributed by atoms with Crippen LogP contribution in [0.25, 0.3) is 0 Å². The second-order valence-corrected chi connectivity index (χ2v) is 4.47. The average molecular weight is 269 g/mol. The first-order chi connectivity index (χ1) is 8.77. The lowest BCUT2D eigenvalue weighted by atomic mass is 10.1. The summed E-state index contributed by atoms with van der Waals surface area (Å²) >= 11 is 0. The molecule has 0 aliphatic carbocycles. The second kappa shape index (κ2) is 5.95. The normalized spacial score (nSPS) is 12.4. The fourth-order valence-electron chi connectivity index (χ4n) is 1.64. The summed E-state index contributed by atoms with van der Waals surface area (Å²) in [4.78, 5) is 1.61. The first-order valence-electron chi connectivity index (χ1n) is 6.05. The Labute approximate surface area is 112 Å². The molecule has 0 fully saturated rings. The largest absolute Gasteiger partial charge is 0.416 e. The molecule has 0 unspecified atom stereocenters. The Bertz CT molecular complexity index is 487. The minimum atomic E-state index is -4.34. The molecule has 0 aliphatic heterocycles. The molecule has 0 spiro atoms. The number of benzene rings is 1. The summed E-state index contributed by atoms with van der Waals surface area (Å²) in [7, 11) is 0. The van der Waals surface area contributed by atoms with Crippen molar-refractivity contribution < 1.29 is 13.2 Å². The van der Waals surface area contributed by atoms with E-state index in [0.29, 0.717) is 11.3 Å². The molecule has 0 amide bonds. The van der Waals surface area contributed by atoms with Gasteiger partial charge in [-0.15, -0.1) is 0 Å². The number of hydrogen-bond acceptors (Lipinski definition) is 1. The van der Waals surface area contributed by atoms with Crippen molar-refractivity contribution in [2.45, 2.75) is 33.4 Å². The number of allylic oxidation sites excluding steroid dienone is 1. The molecule has 0 heterocycles. The number of hydrogen-bond donors (Lipinski definition) is 0. The second-order valence-electron chi connectivity index (χ2n) is 4.47. The SMILES string of the molecule is C=CN(/C=C(/C)CC)c1cc(C)cc(C(F)(F)F)c1. The highest BCUT2D eigenvalue weighted by molar-refractivity contribution is 5.56. The smallest absolute Gasteiger partial charge is 0.325 e. The monoisotopic (exact) mass is 269 g/mol. The summed E-state index contributed by atoms with van der Waals surface area (Å²) < 4.78 is 38.4. The molecule has 0 aliphatic rings. The van der Waals surface area contributed by atoms with Crippen molar-refractivity contribution in [1.82, 2.24) is 0 Å². The van der Waals surface area contributed by atoms with E-state index in [4.69, 9.17) is 0 Å². The van der Waals surface area contributed by atoms with E-state index in [0.717, 1.165) is 24.1 Å². The Morgan fingerprint density at radius 1 is 1.32 bits per heavy atom. The molecule has 104 valence electrons. The van der Waals surface area contributed by atoms with Crippen LogP contribution in [-0.4, -0.2) is 0 Å². The molecule has 1 aromatic carbocycles. The van der Waals surface area contributed by atoms with E-state index in [1.807, 2.05) is 13.8 Å². The lowest BCUT2D eigenvalue weighted by molar-refractivity contribution is -0.137. The number of alkyl halides is 3. The molecule has 1 aromatic rings. The predicted molar refractivity (Wildman–Crippen MR) is 72.9 cm³/mol. The Balaban J connectivity index is 3.26. The van der Waals surface area contributed by atoms with E-state index in [-0.39, 0.29) is 0 Å². The number of aryl methyl sites for hydroxylation is 1. The molecule has 0 bridgehead atoms. The van der Waals surface area contributed by atoms with Crippen LogP contribution < -0.4 is 4.90 Å². The number of nitrogens with zero attached hydrogens (tertiary/aromatic N) is 1. The number of halogens is 3. The Morgan fingerprint density at radius 3 is 2.42 bits per heavy atom. The van der Waals surface area contributed by atoms with E-state index in [2.05, 4.69) is 6.58 Å². The summed E-state index contributed by atoms with van der Waals surface area (Å²) in [6.07, 6.45) is -0.199. The molecule has 1 rings (SSSR count). The molecule has 19 heavy (non-hydrogen) atoms. The molecule has 0 N–H and O–H groups in total. The fraction of sp³-hybridized carbons (Fsp3) is 0.333. The third kappa shape index (κ3) is 4.16. The molecule has 0 saturated carbocycles. The topological polar surface area (TPSA) is 3.24 Å². The van der Waals surface area contributed by atoms with Gasteiger partial charge in [0.25, 0.3) is 0 Å². The first kappa shape index (κ1) is 15.3. The highest BCUT2D eigenvalue weighted by atomic mass is 19.4. The van der Waals surface area contributed by atoms with Crippen molar-refractivity contribution in [3.05, 3.63) is 53.9 Å². The summed E-state index contributed by atoms with van der Waals surface area (Å²) in [6.45, 7) is 9.21. The average Bonchev–Trinajstić information content (AvgIpc) is 2.33. The zero-order valence-electron chi connectivity index (χ0n) is 11.4. The zero-order valence-corrected chi connectivity index (χ0v) is 11.4. The van der Waals surface area contributed by atoms with Crippen LogP contribution in [-0.2, 0) is 6.18 Å². The van der Waals surface area contributed by atoms with Gasteiger partial charge in [-0.25, -0.2) is 0 Å². The van der Waals surface area contributed by atoms with Crippen LogP contribution >= 0.6 is 0 Å². The maximum Gasteiger partial charge on any atom is 0.416 e. The summed E-state index contributed by atoms with van der Waals surface area (Å²) in [5.41, 5.74) is 1.46. The number of rotatable bonds is 4. The highest BCUT2D eigenvalue weighted by Gasteiger charge is 2.31. The Hall–Kier alpha value is -1.71. The van der Waals surface area contributed by atoms with Crippen molar-refractivity contribution in [1.29, 1.82) is 0 Å². The van der Waals surface area contributed by atoms with Gasteiger partial charge >= 0.3 is 6.18 Å². The maximum atomic E-state index is 12.8. The van der Waals surface area contributed by atoms with Crippen molar-refractivity contribution in [3.63, 3.8) is 0 Å². The molecular weight excluding hydrogens is 251 g/mol. The molecule has 1 nitrogen and oxygen atoms in total. The summed E-state index contributed by atoms with van der Waals surface area (Å²) in [5, 5.41) is 0. The van der Waals surface area contributed by atoms with Gasteiger partial charge in [-0.2, -0.15) is 13.2 Å². The van der Waals surface area contributed by atoms with Gasteiger partial charge in [0.05, 0.1) is 5.56 Å². The van der Waals surface area contributed by atoms with Gasteiger partial charge in [0.2, 0.25) is 0 Å². The molecule has 0 radical (unpaired) electrons. The highest BCUT2D eigenvalue weighted by Crippen LogP contribution is 2.33. The molecular formula is C15H18F3N. The quantitative estimate of drug-likeness (QED) is 0.719. The van der Waals surface area contributed by atoms with E-state index < -0.39 is 11.7 Å². The molecule has 4 heteroatoms. The van der Waals surface area contributed by atoms with Gasteiger partial charge < -0.3 is 4.90 Å². The number of anilines is 1. The van der Waals surface area contributed by atoms with Crippen molar-refractivity contribution in [2.75, 3.05) is 4.90 Å². The van der Waals surface area contributed by atoms with E-state index in [1.54, 1.807) is 24.1 Å². The van der Waals surface area contributed by atoms with Gasteiger partial charge in [0, 0.05) is 18.1 Å². The van der Waals surface area contributed by atoms with E-state index >= 15 is 0 Å². The van der Waals surface area contributed by atoms with Crippen LogP contribution in [0, 0.1) is 6.92 Å². The van der Waals surface area contributed by atoms with E-state index in [1.165, 1.54) is 6.20 Å². The third-order valence-corrected chi connectivity index (χ3v) is 2.80. The minimum absolute atomic E-state index is 0.468. The van der Waals surface area contributed by atoms with Gasteiger partial charge in [-0.1, -0.05) is 19.1 Å². The van der Waals surface area contributed by atoms with Crippen LogP contribution in [0.4, 0.5) is 18.9 Å². The predicted octanol–water partition coefficient (Wildman–Crippen LogP) is 5.28. The summed E-state index contributed by atoms with van der Waals surface area (Å²) in [5.74, 6) is 0. The van der Waals surface area contributed by atoms with Gasteiger partial charge in [0.1, 0.15) is 0 Å². The van der Waals surface area contributed by atoms with Crippen LogP contribution in [0.5, 0.6) is 0 Å². The Kier molecular flexibility index (Phi) is 4.81. The first-order valence-corrected chi connectivity index (χ1v) is 6.05. The summed E-state index contributed by atoms with van der Waals surface area (Å²) in [6, 6.07) is 3.98. The molecule has 0 saturated heterocycles. The maximum absolute atomic E-state index is 12.8. The standard InChI is InChI=1S/C15H18F3N/c1-5-11(3)10-19(6-2)14-8-12(4)7-13(9-14)15(16,17)18/h6-10H,2,5H2,1,3-4H3/b11-10-. The third-order valence-electron chi connectivity index (χ3n) is 2.80. The Morgan fingerprint density at radius 2 is 1.95 bits per heavy atom. The lowest BCUT2D eigenvalue weighted by Crippen LogP contribution is -2.11. The molecule has 0 atom stereocenters. The van der Waals surface area contributed by atoms with Crippen LogP contribution in [0.1, 0.15) is 31.4 Å². The van der Waals surface area contributed by atoms with Crippen molar-refractivity contribution in [3.8, 4) is 0 Å². The zero-order chi connectivity index (χ0) is 14.6. The van der Waals surface area contributed by atoms with Gasteiger partial charge in [0.15, 0.2) is 0 Å². The van der Waals surface area contributed by atoms with Crippen LogP contribution in [0.2, 0.25) is 0 Å². The molecule has 0 aromatic heterocycles. The van der Waals surface area contributed by atoms with Crippen LogP contribution in [0.3, 0.4) is 0 Å². The van der Waals surface area contributed by atoms with Gasteiger partial charge in [-0.05, 0) is 44.0 Å². The fourth-order valence-corrected chi connectivity index (χ4v) is 1.64. The van der Waals surface area contributed by atoms with E-state index in [9.17, 15) is 13.2 Å².